The summed E-state index contributed by atoms with van der Waals surface area (Å²) in [7, 11) is 0. The molecule has 0 aliphatic heterocycles. The van der Waals surface area contributed by atoms with Gasteiger partial charge in [0.05, 0.1) is 0 Å². The van der Waals surface area contributed by atoms with Gasteiger partial charge in [-0.2, -0.15) is 4.98 Å². The average Bonchev–Trinajstić information content (AvgIpc) is 2.76. The van der Waals surface area contributed by atoms with E-state index in [9.17, 15) is 0 Å². The molecule has 0 unspecified atom stereocenters. The SMILES string of the molecule is C=C(C)CCNc1nc(SC)nc2[nH+]c[nH]c12. The van der Waals surface area contributed by atoms with E-state index in [-0.39, 0.29) is 0 Å². The Morgan fingerprint density at radius 3 is 3.12 bits per heavy atom. The van der Waals surface area contributed by atoms with Crippen molar-refractivity contribution in [1.82, 2.24) is 15.0 Å². The summed E-state index contributed by atoms with van der Waals surface area (Å²) in [5, 5.41) is 4.06. The summed E-state index contributed by atoms with van der Waals surface area (Å²) in [4.78, 5) is 15.0. The van der Waals surface area contributed by atoms with Gasteiger partial charge in [-0.05, 0) is 19.6 Å². The fourth-order valence-electron chi connectivity index (χ4n) is 1.47. The van der Waals surface area contributed by atoms with Gasteiger partial charge in [0.15, 0.2) is 12.1 Å². The first kappa shape index (κ1) is 11.9. The van der Waals surface area contributed by atoms with E-state index in [2.05, 4.69) is 31.8 Å². The second kappa shape index (κ2) is 5.18. The zero-order valence-electron chi connectivity index (χ0n) is 10.0. The molecule has 5 nitrogen and oxygen atoms in total. The van der Waals surface area contributed by atoms with Crippen LogP contribution in [-0.2, 0) is 0 Å². The van der Waals surface area contributed by atoms with Crippen molar-refractivity contribution in [2.45, 2.75) is 18.5 Å². The van der Waals surface area contributed by atoms with Crippen LogP contribution in [0, 0.1) is 0 Å². The molecule has 90 valence electrons. The zero-order chi connectivity index (χ0) is 12.3. The third-order valence-electron chi connectivity index (χ3n) is 2.34. The van der Waals surface area contributed by atoms with Crippen LogP contribution in [0.5, 0.6) is 0 Å². The summed E-state index contributed by atoms with van der Waals surface area (Å²) in [6, 6.07) is 0. The molecule has 0 amide bonds. The first-order chi connectivity index (χ1) is 8.20. The van der Waals surface area contributed by atoms with Gasteiger partial charge in [0.2, 0.25) is 5.52 Å². The summed E-state index contributed by atoms with van der Waals surface area (Å²) in [6.45, 7) is 6.73. The van der Waals surface area contributed by atoms with Gasteiger partial charge in [0, 0.05) is 6.54 Å². The van der Waals surface area contributed by atoms with Crippen LogP contribution >= 0.6 is 11.8 Å². The molecule has 0 aromatic carbocycles. The molecule has 0 saturated carbocycles. The average molecular weight is 250 g/mol. The molecule has 0 aliphatic carbocycles. The van der Waals surface area contributed by atoms with E-state index in [0.29, 0.717) is 0 Å². The minimum absolute atomic E-state index is 0.756. The minimum atomic E-state index is 0.756. The van der Waals surface area contributed by atoms with Crippen LogP contribution in [0.25, 0.3) is 11.2 Å². The number of hydrogen-bond donors (Lipinski definition) is 2. The maximum atomic E-state index is 4.45. The Labute approximate surface area is 104 Å². The van der Waals surface area contributed by atoms with Gasteiger partial charge in [-0.25, -0.2) is 4.98 Å². The molecule has 2 rings (SSSR count). The van der Waals surface area contributed by atoms with Crippen LogP contribution in [-0.4, -0.2) is 27.8 Å². The van der Waals surface area contributed by atoms with Gasteiger partial charge in [-0.1, -0.05) is 22.3 Å². The van der Waals surface area contributed by atoms with Crippen LogP contribution in [0.2, 0.25) is 0 Å². The number of hydrogen-bond acceptors (Lipinski definition) is 4. The van der Waals surface area contributed by atoms with Crippen molar-refractivity contribution in [2.75, 3.05) is 18.1 Å². The molecule has 0 saturated heterocycles. The molecule has 0 radical (unpaired) electrons. The zero-order valence-corrected chi connectivity index (χ0v) is 10.8. The fraction of sp³-hybridized carbons (Fsp3) is 0.364. The van der Waals surface area contributed by atoms with Crippen LogP contribution < -0.4 is 10.3 Å². The highest BCUT2D eigenvalue weighted by atomic mass is 32.2. The molecule has 6 heteroatoms. The molecule has 0 fully saturated rings. The normalized spacial score (nSPS) is 10.7. The number of nitrogens with zero attached hydrogens (tertiary/aromatic N) is 2. The highest BCUT2D eigenvalue weighted by Crippen LogP contribution is 2.19. The Bertz CT molecular complexity index is 534. The molecule has 0 spiro atoms. The summed E-state index contributed by atoms with van der Waals surface area (Å²) in [5.74, 6) is 0.835. The van der Waals surface area contributed by atoms with Crippen LogP contribution in [0.3, 0.4) is 0 Å². The van der Waals surface area contributed by atoms with Crippen LogP contribution in [0.4, 0.5) is 5.82 Å². The number of anilines is 1. The van der Waals surface area contributed by atoms with Crippen LogP contribution in [0.1, 0.15) is 13.3 Å². The Morgan fingerprint density at radius 1 is 1.59 bits per heavy atom. The van der Waals surface area contributed by atoms with Crippen LogP contribution in [0.15, 0.2) is 23.6 Å². The quantitative estimate of drug-likeness (QED) is 0.483. The predicted octanol–water partition coefficient (Wildman–Crippen LogP) is 1.87. The van der Waals surface area contributed by atoms with E-state index in [1.165, 1.54) is 11.8 Å². The maximum absolute atomic E-state index is 4.45. The lowest BCUT2D eigenvalue weighted by Gasteiger charge is -2.04. The van der Waals surface area contributed by atoms with Gasteiger partial charge in [-0.15, -0.1) is 6.58 Å². The lowest BCUT2D eigenvalue weighted by atomic mass is 10.2. The third kappa shape index (κ3) is 2.76. The highest BCUT2D eigenvalue weighted by molar-refractivity contribution is 7.98. The molecule has 17 heavy (non-hydrogen) atoms. The highest BCUT2D eigenvalue weighted by Gasteiger charge is 2.14. The molecule has 3 N–H and O–H groups in total. The first-order valence-corrected chi connectivity index (χ1v) is 6.62. The summed E-state index contributed by atoms with van der Waals surface area (Å²) in [6.07, 6.45) is 4.66. The summed E-state index contributed by atoms with van der Waals surface area (Å²) in [5.41, 5.74) is 2.89. The number of thioether (sulfide) groups is 1. The van der Waals surface area contributed by atoms with Crippen molar-refractivity contribution >= 4 is 28.7 Å². The second-order valence-corrected chi connectivity index (χ2v) is 4.62. The van der Waals surface area contributed by atoms with Crippen molar-refractivity contribution in [2.24, 2.45) is 0 Å². The Kier molecular flexibility index (Phi) is 3.63. The lowest BCUT2D eigenvalue weighted by molar-refractivity contribution is -0.347. The Balaban J connectivity index is 2.24. The molecule has 2 aromatic rings. The van der Waals surface area contributed by atoms with Gasteiger partial charge in [0.1, 0.15) is 0 Å². The van der Waals surface area contributed by atoms with E-state index in [1.807, 2.05) is 13.2 Å². The number of aromatic nitrogens is 4. The number of imidazole rings is 1. The van der Waals surface area contributed by atoms with Gasteiger partial charge in [0.25, 0.3) is 5.16 Å². The molecule has 2 aromatic heterocycles. The van der Waals surface area contributed by atoms with Gasteiger partial charge < -0.3 is 5.32 Å². The van der Waals surface area contributed by atoms with E-state index in [1.54, 1.807) is 6.33 Å². The number of fused-ring (bicyclic) bond motifs is 1. The molecular formula is C11H16N5S+. The van der Waals surface area contributed by atoms with Crippen molar-refractivity contribution in [3.8, 4) is 0 Å². The van der Waals surface area contributed by atoms with E-state index < -0.39 is 0 Å². The minimum Gasteiger partial charge on any atom is -0.366 e. The monoisotopic (exact) mass is 250 g/mol. The maximum Gasteiger partial charge on any atom is 0.306 e. The van der Waals surface area contributed by atoms with Crippen molar-refractivity contribution < 1.29 is 4.98 Å². The predicted molar refractivity (Wildman–Crippen MR) is 70.1 cm³/mol. The van der Waals surface area contributed by atoms with E-state index in [0.717, 1.165) is 40.7 Å². The summed E-state index contributed by atoms with van der Waals surface area (Å²) < 4.78 is 0. The third-order valence-corrected chi connectivity index (χ3v) is 2.89. The van der Waals surface area contributed by atoms with Crippen molar-refractivity contribution in [3.05, 3.63) is 18.5 Å². The molecule has 0 bridgehead atoms. The van der Waals surface area contributed by atoms with Gasteiger partial charge in [-0.3, -0.25) is 4.98 Å². The largest absolute Gasteiger partial charge is 0.366 e. The number of aromatic amines is 2. The molecular weight excluding hydrogens is 234 g/mol. The van der Waals surface area contributed by atoms with E-state index in [4.69, 9.17) is 0 Å². The van der Waals surface area contributed by atoms with E-state index >= 15 is 0 Å². The molecule has 0 atom stereocenters. The fourth-order valence-corrected chi connectivity index (χ4v) is 1.84. The van der Waals surface area contributed by atoms with Crippen molar-refractivity contribution in [1.29, 1.82) is 0 Å². The first-order valence-electron chi connectivity index (χ1n) is 5.39. The standard InChI is InChI=1S/C11H15N5S/c1-7(2)4-5-12-9-8-10(14-6-13-8)16-11(15-9)17-3/h6H,1,4-5H2,2-3H3,(H2,12,13,14,15,16)/p+1. The summed E-state index contributed by atoms with van der Waals surface area (Å²) >= 11 is 1.53. The number of H-pyrrole nitrogens is 2. The van der Waals surface area contributed by atoms with Gasteiger partial charge >= 0.3 is 5.65 Å². The Hall–Kier alpha value is -1.56. The second-order valence-electron chi connectivity index (χ2n) is 3.85. The molecule has 0 aliphatic rings. The number of rotatable bonds is 5. The smallest absolute Gasteiger partial charge is 0.306 e. The lowest BCUT2D eigenvalue weighted by Crippen LogP contribution is -2.07. The number of nitrogens with one attached hydrogen (secondary N) is 3. The topological polar surface area (TPSA) is 67.7 Å². The molecule has 2 heterocycles. The van der Waals surface area contributed by atoms with Crippen molar-refractivity contribution in [3.63, 3.8) is 0 Å². The Morgan fingerprint density at radius 2 is 2.41 bits per heavy atom.